The Morgan fingerprint density at radius 3 is 2.06 bits per heavy atom. The molecule has 5 heteroatoms. The largest absolute Gasteiger partial charge is 0.507 e. The lowest BCUT2D eigenvalue weighted by Gasteiger charge is -2.06. The van der Waals surface area contributed by atoms with Crippen molar-refractivity contribution < 1.29 is 24.5 Å². The van der Waals surface area contributed by atoms with Crippen LogP contribution in [0.3, 0.4) is 0 Å². The van der Waals surface area contributed by atoms with E-state index in [-0.39, 0.29) is 11.3 Å². The summed E-state index contributed by atoms with van der Waals surface area (Å²) in [5, 5.41) is 27.3. The predicted molar refractivity (Wildman–Crippen MR) is 62.1 cm³/mol. The number of hydrogen-bond donors (Lipinski definition) is 3. The van der Waals surface area contributed by atoms with E-state index in [4.69, 9.17) is 10.2 Å². The van der Waals surface area contributed by atoms with Gasteiger partial charge in [-0.15, -0.1) is 0 Å². The summed E-state index contributed by atoms with van der Waals surface area (Å²) >= 11 is 0. The number of benzene rings is 2. The zero-order valence-electron chi connectivity index (χ0n) is 9.09. The number of phenolic OH excluding ortho intramolecular Hbond substituents is 1. The molecule has 0 aliphatic rings. The molecule has 0 radical (unpaired) electrons. The minimum atomic E-state index is -1.27. The molecule has 18 heavy (non-hydrogen) atoms. The van der Waals surface area contributed by atoms with Gasteiger partial charge in [-0.3, -0.25) is 0 Å². The Morgan fingerprint density at radius 2 is 1.50 bits per heavy atom. The van der Waals surface area contributed by atoms with Crippen LogP contribution in [-0.2, 0) is 0 Å². The maximum absolute atomic E-state index is 13.2. The Kier molecular flexibility index (Phi) is 2.89. The van der Waals surface area contributed by atoms with Gasteiger partial charge in [0.2, 0.25) is 0 Å². The van der Waals surface area contributed by atoms with Crippen LogP contribution >= 0.6 is 0 Å². The van der Waals surface area contributed by atoms with Crippen molar-refractivity contribution in [2.24, 2.45) is 0 Å². The summed E-state index contributed by atoms with van der Waals surface area (Å²) in [4.78, 5) is 10.9. The lowest BCUT2D eigenvalue weighted by atomic mass is 10.0. The van der Waals surface area contributed by atoms with E-state index in [1.54, 1.807) is 0 Å². The van der Waals surface area contributed by atoms with E-state index in [2.05, 4.69) is 0 Å². The molecule has 2 rings (SSSR count). The Hall–Kier alpha value is -2.56. The van der Waals surface area contributed by atoms with Gasteiger partial charge in [0.05, 0.1) is 0 Å². The van der Waals surface area contributed by atoms with Crippen LogP contribution < -0.4 is 0 Å². The number of phenols is 2. The molecule has 0 fully saturated rings. The zero-order valence-corrected chi connectivity index (χ0v) is 9.09. The molecule has 92 valence electrons. The molecule has 0 aliphatic heterocycles. The molecule has 0 atom stereocenters. The van der Waals surface area contributed by atoms with Gasteiger partial charge >= 0.3 is 5.97 Å². The number of carboxylic acid groups (broad SMARTS) is 1. The molecular weight excluding hydrogens is 239 g/mol. The first-order valence-electron chi connectivity index (χ1n) is 5.04. The molecule has 0 aromatic heterocycles. The number of hydrogen-bond acceptors (Lipinski definition) is 3. The summed E-state index contributed by atoms with van der Waals surface area (Å²) in [6.45, 7) is 0. The van der Waals surface area contributed by atoms with Gasteiger partial charge in [-0.2, -0.15) is 0 Å². The van der Waals surface area contributed by atoms with Crippen molar-refractivity contribution in [2.75, 3.05) is 0 Å². The van der Waals surface area contributed by atoms with E-state index in [0.717, 1.165) is 6.07 Å². The van der Waals surface area contributed by atoms with E-state index in [1.807, 2.05) is 0 Å². The van der Waals surface area contributed by atoms with Gasteiger partial charge in [-0.1, -0.05) is 12.1 Å². The van der Waals surface area contributed by atoms with Crippen molar-refractivity contribution >= 4 is 5.97 Å². The minimum Gasteiger partial charge on any atom is -0.507 e. The highest BCUT2D eigenvalue weighted by Gasteiger charge is 2.11. The van der Waals surface area contributed by atoms with Gasteiger partial charge in [0.15, 0.2) is 11.6 Å². The first kappa shape index (κ1) is 11.9. The summed E-state index contributed by atoms with van der Waals surface area (Å²) in [5.41, 5.74) is 0.581. The summed E-state index contributed by atoms with van der Waals surface area (Å²) < 4.78 is 13.2. The van der Waals surface area contributed by atoms with Gasteiger partial charge in [0, 0.05) is 0 Å². The third kappa shape index (κ3) is 2.10. The highest BCUT2D eigenvalue weighted by atomic mass is 19.1. The highest BCUT2D eigenvalue weighted by Crippen LogP contribution is 2.28. The minimum absolute atomic E-state index is 0.263. The monoisotopic (exact) mass is 248 g/mol. The molecule has 0 saturated carbocycles. The van der Waals surface area contributed by atoms with Crippen molar-refractivity contribution in [3.05, 3.63) is 47.8 Å². The van der Waals surface area contributed by atoms with E-state index in [1.165, 1.54) is 30.3 Å². The Balaban J connectivity index is 2.54. The van der Waals surface area contributed by atoms with Gasteiger partial charge in [0.25, 0.3) is 0 Å². The van der Waals surface area contributed by atoms with Crippen molar-refractivity contribution in [3.63, 3.8) is 0 Å². The molecular formula is C13H9FO4. The lowest BCUT2D eigenvalue weighted by Crippen LogP contribution is -1.97. The Bertz CT molecular complexity index is 622. The molecule has 0 amide bonds. The van der Waals surface area contributed by atoms with E-state index < -0.39 is 17.5 Å². The lowest BCUT2D eigenvalue weighted by molar-refractivity contribution is 0.0694. The number of aromatic carboxylic acids is 1. The third-order valence-electron chi connectivity index (χ3n) is 2.51. The molecule has 0 heterocycles. The molecule has 0 saturated heterocycles. The SMILES string of the molecule is O=C(O)c1cc(-c2ccc(O)c(F)c2)ccc1O. The predicted octanol–water partition coefficient (Wildman–Crippen LogP) is 2.60. The Morgan fingerprint density at radius 1 is 0.944 bits per heavy atom. The van der Waals surface area contributed by atoms with E-state index >= 15 is 0 Å². The Labute approximate surface area is 102 Å². The van der Waals surface area contributed by atoms with Crippen LogP contribution in [-0.4, -0.2) is 21.3 Å². The first-order valence-corrected chi connectivity index (χ1v) is 5.04. The summed E-state index contributed by atoms with van der Waals surface area (Å²) in [5.74, 6) is -2.90. The second-order valence-corrected chi connectivity index (χ2v) is 3.70. The molecule has 0 spiro atoms. The van der Waals surface area contributed by atoms with Crippen LogP contribution in [0.5, 0.6) is 11.5 Å². The summed E-state index contributed by atoms with van der Waals surface area (Å²) in [6.07, 6.45) is 0. The maximum atomic E-state index is 13.2. The van der Waals surface area contributed by atoms with E-state index in [9.17, 15) is 14.3 Å². The molecule has 3 N–H and O–H groups in total. The van der Waals surface area contributed by atoms with Crippen LogP contribution in [0.15, 0.2) is 36.4 Å². The second kappa shape index (κ2) is 4.37. The molecule has 0 aliphatic carbocycles. The average molecular weight is 248 g/mol. The van der Waals surface area contributed by atoms with Crippen LogP contribution in [0.1, 0.15) is 10.4 Å². The molecule has 2 aromatic rings. The fraction of sp³-hybridized carbons (Fsp3) is 0. The van der Waals surface area contributed by atoms with Crippen molar-refractivity contribution in [1.82, 2.24) is 0 Å². The van der Waals surface area contributed by atoms with Crippen LogP contribution in [0, 0.1) is 5.82 Å². The number of halogens is 1. The van der Waals surface area contributed by atoms with E-state index in [0.29, 0.717) is 11.1 Å². The summed E-state index contributed by atoms with van der Waals surface area (Å²) in [6, 6.07) is 7.66. The van der Waals surface area contributed by atoms with Crippen LogP contribution in [0.25, 0.3) is 11.1 Å². The average Bonchev–Trinajstić information content (AvgIpc) is 2.33. The quantitative estimate of drug-likeness (QED) is 0.763. The van der Waals surface area contributed by atoms with Crippen molar-refractivity contribution in [2.45, 2.75) is 0 Å². The molecule has 2 aromatic carbocycles. The number of aromatic hydroxyl groups is 2. The third-order valence-corrected chi connectivity index (χ3v) is 2.51. The van der Waals surface area contributed by atoms with Gasteiger partial charge in [-0.25, -0.2) is 9.18 Å². The van der Waals surface area contributed by atoms with Crippen molar-refractivity contribution in [3.8, 4) is 22.6 Å². The highest BCUT2D eigenvalue weighted by molar-refractivity contribution is 5.92. The molecule has 0 bridgehead atoms. The first-order chi connectivity index (χ1) is 8.49. The normalized spacial score (nSPS) is 10.3. The van der Waals surface area contributed by atoms with Crippen LogP contribution in [0.4, 0.5) is 4.39 Å². The fourth-order valence-corrected chi connectivity index (χ4v) is 1.57. The fourth-order valence-electron chi connectivity index (χ4n) is 1.57. The number of rotatable bonds is 2. The zero-order chi connectivity index (χ0) is 13.3. The maximum Gasteiger partial charge on any atom is 0.339 e. The smallest absolute Gasteiger partial charge is 0.339 e. The number of carbonyl (C=O) groups is 1. The summed E-state index contributed by atoms with van der Waals surface area (Å²) in [7, 11) is 0. The molecule has 0 unspecified atom stereocenters. The standard InChI is InChI=1S/C13H9FO4/c14-10-6-8(2-4-12(10)16)7-1-3-11(15)9(5-7)13(17)18/h1-6,15-16H,(H,17,18). The van der Waals surface area contributed by atoms with Crippen molar-refractivity contribution in [1.29, 1.82) is 0 Å². The van der Waals surface area contributed by atoms with Gasteiger partial charge in [-0.05, 0) is 35.4 Å². The van der Waals surface area contributed by atoms with Gasteiger partial charge < -0.3 is 15.3 Å². The molecule has 4 nitrogen and oxygen atoms in total. The number of carboxylic acids is 1. The van der Waals surface area contributed by atoms with Gasteiger partial charge in [0.1, 0.15) is 11.3 Å². The topological polar surface area (TPSA) is 77.8 Å². The van der Waals surface area contributed by atoms with Crippen LogP contribution in [0.2, 0.25) is 0 Å². The second-order valence-electron chi connectivity index (χ2n) is 3.70.